The van der Waals surface area contributed by atoms with Gasteiger partial charge in [-0.15, -0.1) is 0 Å². The number of benzene rings is 1. The van der Waals surface area contributed by atoms with Gasteiger partial charge < -0.3 is 15.0 Å². The van der Waals surface area contributed by atoms with Crippen LogP contribution in [0.3, 0.4) is 0 Å². The third-order valence-corrected chi connectivity index (χ3v) is 3.22. The van der Waals surface area contributed by atoms with Crippen LogP contribution in [-0.4, -0.2) is 31.1 Å². The van der Waals surface area contributed by atoms with Crippen molar-refractivity contribution in [2.45, 2.75) is 19.6 Å². The lowest BCUT2D eigenvalue weighted by molar-refractivity contribution is 0.392. The molecule has 0 saturated carbocycles. The van der Waals surface area contributed by atoms with Crippen LogP contribution in [0.15, 0.2) is 42.7 Å². The fraction of sp³-hybridized carbons (Fsp3) is 0.353. The Morgan fingerprint density at radius 3 is 2.67 bits per heavy atom. The molecule has 1 heterocycles. The van der Waals surface area contributed by atoms with Gasteiger partial charge in [0.2, 0.25) is 0 Å². The number of hydrogen-bond donors (Lipinski definition) is 1. The minimum absolute atomic E-state index is 0.778. The summed E-state index contributed by atoms with van der Waals surface area (Å²) in [5.74, 6) is 0.938. The molecule has 0 spiro atoms. The molecule has 0 aliphatic heterocycles. The summed E-state index contributed by atoms with van der Waals surface area (Å²) in [4.78, 5) is 6.26. The van der Waals surface area contributed by atoms with E-state index < -0.39 is 0 Å². The van der Waals surface area contributed by atoms with Crippen molar-refractivity contribution in [3.63, 3.8) is 0 Å². The van der Waals surface area contributed by atoms with E-state index in [1.54, 1.807) is 13.3 Å². The van der Waals surface area contributed by atoms with E-state index >= 15 is 0 Å². The minimum atomic E-state index is 0.778. The Bertz CT molecular complexity index is 555. The Hall–Kier alpha value is -1.91. The largest absolute Gasteiger partial charge is 0.496 e. The zero-order valence-electron chi connectivity index (χ0n) is 13.0. The number of ether oxygens (including phenoxy) is 1. The van der Waals surface area contributed by atoms with Gasteiger partial charge in [0.05, 0.1) is 7.11 Å². The number of nitrogens with zero attached hydrogens (tertiary/aromatic N) is 2. The number of pyridine rings is 1. The van der Waals surface area contributed by atoms with Gasteiger partial charge in [0.15, 0.2) is 0 Å². The van der Waals surface area contributed by atoms with E-state index in [1.165, 1.54) is 16.7 Å². The van der Waals surface area contributed by atoms with Crippen LogP contribution < -0.4 is 10.1 Å². The molecule has 0 atom stereocenters. The second-order valence-electron chi connectivity index (χ2n) is 5.35. The van der Waals surface area contributed by atoms with Gasteiger partial charge in [-0.1, -0.05) is 18.2 Å². The molecule has 0 amide bonds. The van der Waals surface area contributed by atoms with Crippen molar-refractivity contribution in [1.29, 1.82) is 0 Å². The third-order valence-electron chi connectivity index (χ3n) is 3.22. The normalized spacial score (nSPS) is 10.9. The summed E-state index contributed by atoms with van der Waals surface area (Å²) in [6.07, 6.45) is 3.67. The van der Waals surface area contributed by atoms with Crippen molar-refractivity contribution in [3.8, 4) is 5.75 Å². The summed E-state index contributed by atoms with van der Waals surface area (Å²) in [7, 11) is 5.85. The Morgan fingerprint density at radius 2 is 2.00 bits per heavy atom. The molecule has 0 aliphatic rings. The van der Waals surface area contributed by atoms with Crippen LogP contribution in [0.1, 0.15) is 16.7 Å². The highest BCUT2D eigenvalue weighted by Gasteiger charge is 2.05. The molecule has 1 N–H and O–H groups in total. The van der Waals surface area contributed by atoms with Gasteiger partial charge in [-0.25, -0.2) is 0 Å². The van der Waals surface area contributed by atoms with Gasteiger partial charge in [0, 0.05) is 37.6 Å². The summed E-state index contributed by atoms with van der Waals surface area (Å²) in [5.41, 5.74) is 3.61. The van der Waals surface area contributed by atoms with Gasteiger partial charge in [-0.2, -0.15) is 0 Å². The Kier molecular flexibility index (Phi) is 5.72. The quantitative estimate of drug-likeness (QED) is 0.848. The number of methoxy groups -OCH3 is 1. The van der Waals surface area contributed by atoms with E-state index in [-0.39, 0.29) is 0 Å². The minimum Gasteiger partial charge on any atom is -0.496 e. The molecule has 1 aromatic heterocycles. The van der Waals surface area contributed by atoms with E-state index in [1.807, 2.05) is 12.3 Å². The molecule has 112 valence electrons. The molecule has 4 nitrogen and oxygen atoms in total. The number of aromatic nitrogens is 1. The average molecular weight is 285 g/mol. The number of nitrogens with one attached hydrogen (secondary N) is 1. The molecule has 2 aromatic rings. The molecule has 2 rings (SSSR count). The van der Waals surface area contributed by atoms with E-state index in [0.29, 0.717) is 0 Å². The monoisotopic (exact) mass is 285 g/mol. The van der Waals surface area contributed by atoms with E-state index in [2.05, 4.69) is 53.6 Å². The molecule has 0 fully saturated rings. The molecular weight excluding hydrogens is 262 g/mol. The van der Waals surface area contributed by atoms with Crippen LogP contribution in [0.5, 0.6) is 5.75 Å². The maximum Gasteiger partial charge on any atom is 0.123 e. The zero-order valence-corrected chi connectivity index (χ0v) is 13.0. The Labute approximate surface area is 126 Å². The molecule has 4 heteroatoms. The lowest BCUT2D eigenvalue weighted by Crippen LogP contribution is -2.14. The van der Waals surface area contributed by atoms with E-state index in [4.69, 9.17) is 4.74 Å². The van der Waals surface area contributed by atoms with Crippen LogP contribution in [0, 0.1) is 0 Å². The van der Waals surface area contributed by atoms with Crippen molar-refractivity contribution >= 4 is 0 Å². The number of rotatable bonds is 7. The van der Waals surface area contributed by atoms with Gasteiger partial charge in [-0.3, -0.25) is 4.98 Å². The van der Waals surface area contributed by atoms with Crippen LogP contribution >= 0.6 is 0 Å². The summed E-state index contributed by atoms with van der Waals surface area (Å²) in [5, 5.41) is 3.42. The Morgan fingerprint density at radius 1 is 1.14 bits per heavy atom. The molecule has 0 aliphatic carbocycles. The lowest BCUT2D eigenvalue weighted by atomic mass is 10.1. The summed E-state index contributed by atoms with van der Waals surface area (Å²) in [6, 6.07) is 10.4. The summed E-state index contributed by atoms with van der Waals surface area (Å²) >= 11 is 0. The van der Waals surface area contributed by atoms with E-state index in [9.17, 15) is 0 Å². The van der Waals surface area contributed by atoms with Crippen LogP contribution in [0.4, 0.5) is 0 Å². The molecule has 0 radical (unpaired) electrons. The van der Waals surface area contributed by atoms with Crippen LogP contribution in [0.2, 0.25) is 0 Å². The highest BCUT2D eigenvalue weighted by Crippen LogP contribution is 2.20. The average Bonchev–Trinajstić information content (AvgIpc) is 2.49. The highest BCUT2D eigenvalue weighted by atomic mass is 16.5. The molecule has 0 unspecified atom stereocenters. The smallest absolute Gasteiger partial charge is 0.123 e. The van der Waals surface area contributed by atoms with Crippen molar-refractivity contribution in [2.24, 2.45) is 0 Å². The molecule has 0 bridgehead atoms. The SMILES string of the molecule is COc1cc(CN(C)C)ccc1CNCc1cccnc1. The first-order chi connectivity index (χ1) is 10.2. The van der Waals surface area contributed by atoms with Crippen molar-refractivity contribution in [1.82, 2.24) is 15.2 Å². The first kappa shape index (κ1) is 15.5. The maximum atomic E-state index is 5.50. The van der Waals surface area contributed by atoms with Gasteiger partial charge in [0.1, 0.15) is 5.75 Å². The molecular formula is C17H23N3O. The van der Waals surface area contributed by atoms with Gasteiger partial charge in [-0.05, 0) is 37.4 Å². The first-order valence-electron chi connectivity index (χ1n) is 7.09. The second kappa shape index (κ2) is 7.76. The molecule has 0 saturated heterocycles. The first-order valence-corrected chi connectivity index (χ1v) is 7.09. The van der Waals surface area contributed by atoms with E-state index in [0.717, 1.165) is 25.4 Å². The third kappa shape index (κ3) is 4.85. The van der Waals surface area contributed by atoms with Crippen molar-refractivity contribution in [3.05, 3.63) is 59.4 Å². The highest BCUT2D eigenvalue weighted by molar-refractivity contribution is 5.37. The van der Waals surface area contributed by atoms with Crippen molar-refractivity contribution < 1.29 is 4.74 Å². The maximum absolute atomic E-state index is 5.50. The summed E-state index contributed by atoms with van der Waals surface area (Å²) < 4.78 is 5.50. The molecule has 21 heavy (non-hydrogen) atoms. The molecule has 1 aromatic carbocycles. The fourth-order valence-corrected chi connectivity index (χ4v) is 2.24. The van der Waals surface area contributed by atoms with Crippen molar-refractivity contribution in [2.75, 3.05) is 21.2 Å². The zero-order chi connectivity index (χ0) is 15.1. The second-order valence-corrected chi connectivity index (χ2v) is 5.35. The van der Waals surface area contributed by atoms with Gasteiger partial charge >= 0.3 is 0 Å². The lowest BCUT2D eigenvalue weighted by Gasteiger charge is -2.14. The van der Waals surface area contributed by atoms with Gasteiger partial charge in [0.25, 0.3) is 0 Å². The summed E-state index contributed by atoms with van der Waals surface area (Å²) in [6.45, 7) is 2.50. The predicted octanol–water partition coefficient (Wildman–Crippen LogP) is 2.44. The standard InChI is InChI=1S/C17H23N3O/c1-20(2)13-14-6-7-16(17(9-14)21-3)12-19-11-15-5-4-8-18-10-15/h4-10,19H,11-13H2,1-3H3. The predicted molar refractivity (Wildman–Crippen MR) is 85.2 cm³/mol. The Balaban J connectivity index is 1.96. The fourth-order valence-electron chi connectivity index (χ4n) is 2.24. The topological polar surface area (TPSA) is 37.4 Å². The number of hydrogen-bond acceptors (Lipinski definition) is 4. The van der Waals surface area contributed by atoms with Crippen LogP contribution in [-0.2, 0) is 19.6 Å². The van der Waals surface area contributed by atoms with Crippen LogP contribution in [0.25, 0.3) is 0 Å².